The Labute approximate surface area is 101 Å². The maximum atomic E-state index is 3.74. The van der Waals surface area contributed by atoms with Crippen molar-refractivity contribution in [1.82, 2.24) is 10.2 Å². The Hall–Kier alpha value is -0.340. The number of hydrogen-bond donors (Lipinski definition) is 1. The molecule has 1 saturated heterocycles. The largest absolute Gasteiger partial charge is 0.313 e. The summed E-state index contributed by atoms with van der Waals surface area (Å²) in [5, 5.41) is 3.62. The molecule has 1 unspecified atom stereocenters. The van der Waals surface area contributed by atoms with Gasteiger partial charge in [-0.25, -0.2) is 0 Å². The highest BCUT2D eigenvalue weighted by Gasteiger charge is 2.13. The molecule has 0 spiro atoms. The van der Waals surface area contributed by atoms with E-state index >= 15 is 0 Å². The van der Waals surface area contributed by atoms with Crippen molar-refractivity contribution in [1.29, 1.82) is 0 Å². The van der Waals surface area contributed by atoms with Crippen molar-refractivity contribution in [3.05, 3.63) is 12.7 Å². The molecule has 94 valence electrons. The molecule has 0 aromatic rings. The molecule has 0 aliphatic carbocycles. The van der Waals surface area contributed by atoms with E-state index in [1.807, 2.05) is 6.08 Å². The standard InChI is InChI=1S/C14H28N2/c1-3-4-5-6-7-10-15-14(2)13-16-11-8-9-12-16/h3,14-15H,1,4-13H2,2H3. The fourth-order valence-corrected chi connectivity index (χ4v) is 2.36. The van der Waals surface area contributed by atoms with E-state index in [2.05, 4.69) is 23.7 Å². The highest BCUT2D eigenvalue weighted by atomic mass is 15.2. The van der Waals surface area contributed by atoms with E-state index < -0.39 is 0 Å². The summed E-state index contributed by atoms with van der Waals surface area (Å²) >= 11 is 0. The quantitative estimate of drug-likeness (QED) is 0.478. The second-order valence-corrected chi connectivity index (χ2v) is 5.00. The maximum Gasteiger partial charge on any atom is 0.0166 e. The SMILES string of the molecule is C=CCCCCCNC(C)CN1CCCC1. The lowest BCUT2D eigenvalue weighted by Gasteiger charge is -2.21. The van der Waals surface area contributed by atoms with Crippen LogP contribution in [-0.2, 0) is 0 Å². The number of likely N-dealkylation sites (tertiary alicyclic amines) is 1. The topological polar surface area (TPSA) is 15.3 Å². The highest BCUT2D eigenvalue weighted by molar-refractivity contribution is 4.72. The summed E-state index contributed by atoms with van der Waals surface area (Å²) in [6.45, 7) is 11.1. The van der Waals surface area contributed by atoms with Gasteiger partial charge < -0.3 is 10.2 Å². The van der Waals surface area contributed by atoms with Crippen LogP contribution in [0.2, 0.25) is 0 Å². The van der Waals surface area contributed by atoms with Crippen LogP contribution >= 0.6 is 0 Å². The Bertz CT molecular complexity index is 174. The highest BCUT2D eigenvalue weighted by Crippen LogP contribution is 2.07. The number of nitrogens with zero attached hydrogens (tertiary/aromatic N) is 1. The van der Waals surface area contributed by atoms with Gasteiger partial charge in [0.15, 0.2) is 0 Å². The Morgan fingerprint density at radius 3 is 2.69 bits per heavy atom. The molecule has 2 nitrogen and oxygen atoms in total. The molecule has 0 aromatic carbocycles. The van der Waals surface area contributed by atoms with Crippen LogP contribution in [0.4, 0.5) is 0 Å². The number of nitrogens with one attached hydrogen (secondary N) is 1. The van der Waals surface area contributed by atoms with Crippen LogP contribution in [0, 0.1) is 0 Å². The van der Waals surface area contributed by atoms with E-state index in [1.54, 1.807) is 0 Å². The van der Waals surface area contributed by atoms with Crippen LogP contribution < -0.4 is 5.32 Å². The lowest BCUT2D eigenvalue weighted by Crippen LogP contribution is -2.38. The summed E-state index contributed by atoms with van der Waals surface area (Å²) in [5.74, 6) is 0. The van der Waals surface area contributed by atoms with Gasteiger partial charge in [-0.1, -0.05) is 12.5 Å². The van der Waals surface area contributed by atoms with Crippen molar-refractivity contribution < 1.29 is 0 Å². The van der Waals surface area contributed by atoms with E-state index in [0.717, 1.165) is 0 Å². The monoisotopic (exact) mass is 224 g/mol. The van der Waals surface area contributed by atoms with E-state index in [1.165, 1.54) is 64.7 Å². The summed E-state index contributed by atoms with van der Waals surface area (Å²) in [4.78, 5) is 2.58. The molecule has 0 aromatic heterocycles. The van der Waals surface area contributed by atoms with Crippen LogP contribution in [-0.4, -0.2) is 37.1 Å². The van der Waals surface area contributed by atoms with Gasteiger partial charge in [-0.15, -0.1) is 6.58 Å². The summed E-state index contributed by atoms with van der Waals surface area (Å²) < 4.78 is 0. The predicted molar refractivity (Wildman–Crippen MR) is 71.8 cm³/mol. The van der Waals surface area contributed by atoms with Crippen LogP contribution in [0.15, 0.2) is 12.7 Å². The molecular weight excluding hydrogens is 196 g/mol. The normalized spacial score (nSPS) is 18.8. The van der Waals surface area contributed by atoms with Crippen LogP contribution in [0.5, 0.6) is 0 Å². The Morgan fingerprint density at radius 1 is 1.25 bits per heavy atom. The molecule has 2 heteroatoms. The summed E-state index contributed by atoms with van der Waals surface area (Å²) in [6, 6.07) is 0.650. The minimum Gasteiger partial charge on any atom is -0.313 e. The first-order valence-electron chi connectivity index (χ1n) is 6.89. The zero-order valence-electron chi connectivity index (χ0n) is 10.9. The minimum atomic E-state index is 0.650. The van der Waals surface area contributed by atoms with Crippen molar-refractivity contribution in [2.45, 2.75) is 51.5 Å². The number of hydrogen-bond acceptors (Lipinski definition) is 2. The Balaban J connectivity index is 1.89. The molecule has 1 rings (SSSR count). The van der Waals surface area contributed by atoms with E-state index in [9.17, 15) is 0 Å². The second kappa shape index (κ2) is 8.77. The van der Waals surface area contributed by atoms with Crippen LogP contribution in [0.3, 0.4) is 0 Å². The molecule has 1 N–H and O–H groups in total. The molecule has 0 saturated carbocycles. The third-order valence-corrected chi connectivity index (χ3v) is 3.31. The molecule has 0 amide bonds. The van der Waals surface area contributed by atoms with Gasteiger partial charge in [-0.2, -0.15) is 0 Å². The number of unbranched alkanes of at least 4 members (excludes halogenated alkanes) is 3. The molecule has 1 atom stereocenters. The first kappa shape index (κ1) is 13.7. The molecule has 1 aliphatic rings. The summed E-state index contributed by atoms with van der Waals surface area (Å²) in [5.41, 5.74) is 0. The fourth-order valence-electron chi connectivity index (χ4n) is 2.36. The first-order chi connectivity index (χ1) is 7.83. The van der Waals surface area contributed by atoms with E-state index in [-0.39, 0.29) is 0 Å². The molecule has 0 bridgehead atoms. The third kappa shape index (κ3) is 6.29. The molecule has 1 aliphatic heterocycles. The third-order valence-electron chi connectivity index (χ3n) is 3.31. The molecule has 1 heterocycles. The number of allylic oxidation sites excluding steroid dienone is 1. The van der Waals surface area contributed by atoms with E-state index in [4.69, 9.17) is 0 Å². The summed E-state index contributed by atoms with van der Waals surface area (Å²) in [7, 11) is 0. The van der Waals surface area contributed by atoms with Crippen LogP contribution in [0.1, 0.15) is 45.4 Å². The van der Waals surface area contributed by atoms with Gasteiger partial charge in [0, 0.05) is 12.6 Å². The van der Waals surface area contributed by atoms with Gasteiger partial charge >= 0.3 is 0 Å². The van der Waals surface area contributed by atoms with Gasteiger partial charge in [-0.3, -0.25) is 0 Å². The lowest BCUT2D eigenvalue weighted by atomic mass is 10.2. The van der Waals surface area contributed by atoms with E-state index in [0.29, 0.717) is 6.04 Å². The first-order valence-corrected chi connectivity index (χ1v) is 6.89. The molecular formula is C14H28N2. The average Bonchev–Trinajstić information content (AvgIpc) is 2.76. The Kier molecular flexibility index (Phi) is 7.52. The minimum absolute atomic E-state index is 0.650. The zero-order chi connectivity index (χ0) is 11.6. The molecule has 0 radical (unpaired) electrons. The molecule has 16 heavy (non-hydrogen) atoms. The van der Waals surface area contributed by atoms with Gasteiger partial charge in [0.05, 0.1) is 0 Å². The maximum absolute atomic E-state index is 3.74. The van der Waals surface area contributed by atoms with Gasteiger partial charge in [-0.05, 0) is 58.7 Å². The van der Waals surface area contributed by atoms with Crippen molar-refractivity contribution >= 4 is 0 Å². The van der Waals surface area contributed by atoms with Gasteiger partial charge in [0.25, 0.3) is 0 Å². The Morgan fingerprint density at radius 2 is 2.00 bits per heavy atom. The van der Waals surface area contributed by atoms with Crippen molar-refractivity contribution in [2.24, 2.45) is 0 Å². The smallest absolute Gasteiger partial charge is 0.0166 e. The predicted octanol–water partition coefficient (Wildman–Crippen LogP) is 2.81. The lowest BCUT2D eigenvalue weighted by molar-refractivity contribution is 0.298. The van der Waals surface area contributed by atoms with Gasteiger partial charge in [0.2, 0.25) is 0 Å². The fraction of sp³-hybridized carbons (Fsp3) is 0.857. The summed E-state index contributed by atoms with van der Waals surface area (Å²) in [6.07, 6.45) is 9.91. The van der Waals surface area contributed by atoms with Crippen molar-refractivity contribution in [3.63, 3.8) is 0 Å². The van der Waals surface area contributed by atoms with Crippen molar-refractivity contribution in [2.75, 3.05) is 26.2 Å². The second-order valence-electron chi connectivity index (χ2n) is 5.00. The zero-order valence-corrected chi connectivity index (χ0v) is 10.9. The number of rotatable bonds is 9. The van der Waals surface area contributed by atoms with Crippen molar-refractivity contribution in [3.8, 4) is 0 Å². The molecule has 1 fully saturated rings. The van der Waals surface area contributed by atoms with Gasteiger partial charge in [0.1, 0.15) is 0 Å². The average molecular weight is 224 g/mol. The van der Waals surface area contributed by atoms with Crippen LogP contribution in [0.25, 0.3) is 0 Å².